The number of amides is 2. The number of rotatable bonds is 7. The van der Waals surface area contributed by atoms with Gasteiger partial charge < -0.3 is 14.8 Å². The molecule has 0 saturated carbocycles. The van der Waals surface area contributed by atoms with Crippen molar-refractivity contribution >= 4 is 39.9 Å². The first kappa shape index (κ1) is 21.1. The average Bonchev–Trinajstić information content (AvgIpc) is 2.67. The number of esters is 1. The Morgan fingerprint density at radius 3 is 2.57 bits per heavy atom. The number of nitrogens with zero attached hydrogens (tertiary/aromatic N) is 1. The Bertz CT molecular complexity index is 914. The Kier molecular flexibility index (Phi) is 7.70. The van der Waals surface area contributed by atoms with Gasteiger partial charge in [-0.1, -0.05) is 12.1 Å². The molecule has 0 aliphatic rings. The number of benzene rings is 2. The van der Waals surface area contributed by atoms with Crippen LogP contribution < -0.4 is 20.2 Å². The zero-order valence-corrected chi connectivity index (χ0v) is 16.8. The second kappa shape index (κ2) is 10.2. The molecule has 0 aliphatic heterocycles. The molecule has 146 valence electrons. The van der Waals surface area contributed by atoms with Gasteiger partial charge in [0.2, 0.25) is 0 Å². The van der Waals surface area contributed by atoms with Crippen LogP contribution in [0.3, 0.4) is 0 Å². The number of hydrogen-bond acceptors (Lipinski definition) is 6. The molecule has 0 atom stereocenters. The summed E-state index contributed by atoms with van der Waals surface area (Å²) in [5.74, 6) is -0.689. The normalized spacial score (nSPS) is 10.4. The first-order chi connectivity index (χ1) is 13.4. The zero-order chi connectivity index (χ0) is 20.5. The number of ether oxygens (including phenoxy) is 2. The summed E-state index contributed by atoms with van der Waals surface area (Å²) in [6, 6.07) is 11.7. The first-order valence-corrected chi connectivity index (χ1v) is 8.91. The Balaban J connectivity index is 1.88. The molecule has 2 amide bonds. The van der Waals surface area contributed by atoms with Gasteiger partial charge in [0.25, 0.3) is 11.8 Å². The minimum atomic E-state index is -0.486. The van der Waals surface area contributed by atoms with Gasteiger partial charge >= 0.3 is 5.97 Å². The van der Waals surface area contributed by atoms with Crippen LogP contribution in [0.2, 0.25) is 0 Å². The second-order valence-electron chi connectivity index (χ2n) is 5.46. The fraction of sp³-hybridized carbons (Fsp3) is 0.158. The summed E-state index contributed by atoms with van der Waals surface area (Å²) in [6.45, 7) is 1.06. The van der Waals surface area contributed by atoms with Crippen LogP contribution in [0.25, 0.3) is 0 Å². The number of methoxy groups -OCH3 is 1. The van der Waals surface area contributed by atoms with Gasteiger partial charge in [0.05, 0.1) is 25.4 Å². The van der Waals surface area contributed by atoms with E-state index in [2.05, 4.69) is 31.8 Å². The third-order valence-corrected chi connectivity index (χ3v) is 4.06. The molecule has 0 heterocycles. The molecule has 2 aromatic rings. The van der Waals surface area contributed by atoms with Crippen LogP contribution in [0.4, 0.5) is 0 Å². The van der Waals surface area contributed by atoms with Gasteiger partial charge in [-0.25, -0.2) is 5.43 Å². The average molecular weight is 448 g/mol. The van der Waals surface area contributed by atoms with E-state index in [0.29, 0.717) is 21.3 Å². The van der Waals surface area contributed by atoms with Crippen molar-refractivity contribution in [1.29, 1.82) is 0 Å². The summed E-state index contributed by atoms with van der Waals surface area (Å²) in [5, 5.41) is 6.34. The zero-order valence-electron chi connectivity index (χ0n) is 15.2. The molecule has 0 unspecified atom stereocenters. The largest absolute Gasteiger partial charge is 0.493 e. The monoisotopic (exact) mass is 447 g/mol. The van der Waals surface area contributed by atoms with Crippen molar-refractivity contribution in [1.82, 2.24) is 10.7 Å². The van der Waals surface area contributed by atoms with E-state index < -0.39 is 11.9 Å². The number of halogens is 1. The fourth-order valence-electron chi connectivity index (χ4n) is 2.12. The number of carbonyl (C=O) groups excluding carboxylic acids is 3. The highest BCUT2D eigenvalue weighted by Gasteiger charge is 2.10. The van der Waals surface area contributed by atoms with E-state index in [-0.39, 0.29) is 18.2 Å². The predicted octanol–water partition coefficient (Wildman–Crippen LogP) is 2.26. The Morgan fingerprint density at radius 1 is 1.14 bits per heavy atom. The third-order valence-electron chi connectivity index (χ3n) is 3.37. The smallest absolute Gasteiger partial charge is 0.308 e. The molecule has 8 nitrogen and oxygen atoms in total. The molecule has 0 aliphatic carbocycles. The van der Waals surface area contributed by atoms with Crippen molar-refractivity contribution in [2.24, 2.45) is 5.10 Å². The molecule has 0 bridgehead atoms. The van der Waals surface area contributed by atoms with Gasteiger partial charge in [0.15, 0.2) is 11.5 Å². The van der Waals surface area contributed by atoms with Crippen LogP contribution >= 0.6 is 15.9 Å². The lowest BCUT2D eigenvalue weighted by atomic mass is 10.2. The van der Waals surface area contributed by atoms with Crippen LogP contribution in [-0.4, -0.2) is 37.7 Å². The van der Waals surface area contributed by atoms with Crippen molar-refractivity contribution < 1.29 is 23.9 Å². The maximum atomic E-state index is 12.0. The molecule has 28 heavy (non-hydrogen) atoms. The van der Waals surface area contributed by atoms with E-state index in [9.17, 15) is 14.4 Å². The van der Waals surface area contributed by atoms with E-state index in [1.54, 1.807) is 42.5 Å². The number of hydrogen-bond donors (Lipinski definition) is 2. The van der Waals surface area contributed by atoms with E-state index in [1.165, 1.54) is 20.2 Å². The van der Waals surface area contributed by atoms with Crippen LogP contribution in [0.15, 0.2) is 52.0 Å². The lowest BCUT2D eigenvalue weighted by Crippen LogP contribution is -2.35. The van der Waals surface area contributed by atoms with E-state index in [4.69, 9.17) is 9.47 Å². The topological polar surface area (TPSA) is 106 Å². The van der Waals surface area contributed by atoms with Gasteiger partial charge in [-0.05, 0) is 51.8 Å². The van der Waals surface area contributed by atoms with Gasteiger partial charge in [0, 0.05) is 11.4 Å². The highest BCUT2D eigenvalue weighted by Crippen LogP contribution is 2.27. The van der Waals surface area contributed by atoms with Crippen LogP contribution in [0.5, 0.6) is 11.5 Å². The van der Waals surface area contributed by atoms with Crippen molar-refractivity contribution in [2.45, 2.75) is 6.92 Å². The van der Waals surface area contributed by atoms with E-state index in [1.807, 2.05) is 0 Å². The molecule has 9 heteroatoms. The molecule has 0 spiro atoms. The minimum Gasteiger partial charge on any atom is -0.493 e. The van der Waals surface area contributed by atoms with Crippen LogP contribution in [0.1, 0.15) is 22.8 Å². The minimum absolute atomic E-state index is 0.230. The Labute approximate surface area is 170 Å². The molecule has 2 aromatic carbocycles. The highest BCUT2D eigenvalue weighted by atomic mass is 79.9. The summed E-state index contributed by atoms with van der Waals surface area (Å²) >= 11 is 3.28. The molecule has 0 saturated heterocycles. The first-order valence-electron chi connectivity index (χ1n) is 8.11. The van der Waals surface area contributed by atoms with Crippen molar-refractivity contribution in [3.8, 4) is 11.5 Å². The number of hydrazone groups is 1. The Morgan fingerprint density at radius 2 is 1.89 bits per heavy atom. The molecular weight excluding hydrogens is 430 g/mol. The van der Waals surface area contributed by atoms with Gasteiger partial charge in [-0.2, -0.15) is 5.10 Å². The van der Waals surface area contributed by atoms with Gasteiger partial charge in [-0.3, -0.25) is 14.4 Å². The fourth-order valence-corrected chi connectivity index (χ4v) is 2.59. The molecule has 0 aromatic heterocycles. The molecule has 2 rings (SSSR count). The van der Waals surface area contributed by atoms with Crippen LogP contribution in [0, 0.1) is 0 Å². The molecule has 0 radical (unpaired) electrons. The van der Waals surface area contributed by atoms with E-state index in [0.717, 1.165) is 0 Å². The Hall–Kier alpha value is -3.20. The van der Waals surface area contributed by atoms with Crippen molar-refractivity contribution in [3.63, 3.8) is 0 Å². The summed E-state index contributed by atoms with van der Waals surface area (Å²) in [4.78, 5) is 34.9. The predicted molar refractivity (Wildman–Crippen MR) is 107 cm³/mol. The molecule has 2 N–H and O–H groups in total. The number of nitrogens with one attached hydrogen (secondary N) is 2. The summed E-state index contributed by atoms with van der Waals surface area (Å²) in [5.41, 5.74) is 3.36. The van der Waals surface area contributed by atoms with Crippen LogP contribution in [-0.2, 0) is 9.59 Å². The van der Waals surface area contributed by atoms with Crippen molar-refractivity contribution in [2.75, 3.05) is 13.7 Å². The van der Waals surface area contributed by atoms with Gasteiger partial charge in [-0.15, -0.1) is 0 Å². The van der Waals surface area contributed by atoms with E-state index >= 15 is 0 Å². The van der Waals surface area contributed by atoms with Gasteiger partial charge in [0.1, 0.15) is 0 Å². The highest BCUT2D eigenvalue weighted by molar-refractivity contribution is 9.10. The number of carbonyl (C=O) groups is 3. The van der Waals surface area contributed by atoms with Crippen molar-refractivity contribution in [3.05, 3.63) is 58.1 Å². The lowest BCUT2D eigenvalue weighted by molar-refractivity contribution is -0.132. The maximum Gasteiger partial charge on any atom is 0.308 e. The lowest BCUT2D eigenvalue weighted by Gasteiger charge is -2.08. The second-order valence-corrected chi connectivity index (χ2v) is 6.31. The summed E-state index contributed by atoms with van der Waals surface area (Å²) in [7, 11) is 1.44. The standard InChI is InChI=1S/C19H18BrN3O5/c1-12(24)28-16-8-7-13(9-17(16)27-2)10-22-23-18(25)11-21-19(26)14-5-3-4-6-15(14)20/h3-10H,11H2,1-2H3,(H,21,26)(H,23,25). The SMILES string of the molecule is COc1cc(C=NNC(=O)CNC(=O)c2ccccc2Br)ccc1OC(C)=O. The quantitative estimate of drug-likeness (QED) is 0.293. The molecule has 0 fully saturated rings. The summed E-state index contributed by atoms with van der Waals surface area (Å²) < 4.78 is 10.8. The maximum absolute atomic E-state index is 12.0. The summed E-state index contributed by atoms with van der Waals surface area (Å²) in [6.07, 6.45) is 1.40. The third kappa shape index (κ3) is 6.20. The molecular formula is C19H18BrN3O5.